The number of halogens is 2. The Labute approximate surface area is 124 Å². The van der Waals surface area contributed by atoms with Crippen molar-refractivity contribution in [1.29, 1.82) is 0 Å². The van der Waals surface area contributed by atoms with Gasteiger partial charge in [0.05, 0.1) is 10.0 Å². The average molecular weight is 303 g/mol. The van der Waals surface area contributed by atoms with Crippen LogP contribution in [0.5, 0.6) is 0 Å². The average Bonchev–Trinajstić information content (AvgIpc) is 2.87. The monoisotopic (exact) mass is 302 g/mol. The van der Waals surface area contributed by atoms with Gasteiger partial charge < -0.3 is 15.7 Å². The van der Waals surface area contributed by atoms with E-state index < -0.39 is 0 Å². The van der Waals surface area contributed by atoms with E-state index in [0.717, 1.165) is 38.0 Å². The number of nitrogens with two attached hydrogens (primary N) is 1. The molecular formula is C14H20Cl2N2O. The minimum atomic E-state index is -0.0978. The zero-order valence-corrected chi connectivity index (χ0v) is 12.4. The second kappa shape index (κ2) is 6.91. The summed E-state index contributed by atoms with van der Waals surface area (Å²) in [6.45, 7) is 3.22. The van der Waals surface area contributed by atoms with Crippen LogP contribution in [0, 0.1) is 5.92 Å². The van der Waals surface area contributed by atoms with Crippen molar-refractivity contribution >= 4 is 23.2 Å². The van der Waals surface area contributed by atoms with Gasteiger partial charge in [0, 0.05) is 19.2 Å². The van der Waals surface area contributed by atoms with Crippen LogP contribution in [-0.4, -0.2) is 36.2 Å². The molecule has 0 saturated carbocycles. The van der Waals surface area contributed by atoms with Crippen molar-refractivity contribution in [2.75, 3.05) is 26.2 Å². The van der Waals surface area contributed by atoms with Crippen LogP contribution < -0.4 is 5.73 Å². The number of hydrogen-bond acceptors (Lipinski definition) is 3. The lowest BCUT2D eigenvalue weighted by Gasteiger charge is -2.20. The first kappa shape index (κ1) is 15.1. The number of hydrogen-bond donors (Lipinski definition) is 2. The molecule has 0 aromatic heterocycles. The second-order valence-electron chi connectivity index (χ2n) is 5.18. The predicted molar refractivity (Wildman–Crippen MR) is 79.6 cm³/mol. The fourth-order valence-electron chi connectivity index (χ4n) is 2.55. The lowest BCUT2D eigenvalue weighted by molar-refractivity contribution is 0.220. The number of likely N-dealkylation sites (tertiary alicyclic amines) is 1. The van der Waals surface area contributed by atoms with E-state index in [1.54, 1.807) is 6.07 Å². The number of rotatable bonds is 5. The molecule has 2 rings (SSSR count). The van der Waals surface area contributed by atoms with Gasteiger partial charge in [0.25, 0.3) is 0 Å². The fraction of sp³-hybridized carbons (Fsp3) is 0.571. The van der Waals surface area contributed by atoms with Crippen LogP contribution in [0.3, 0.4) is 0 Å². The Morgan fingerprint density at radius 1 is 1.42 bits per heavy atom. The van der Waals surface area contributed by atoms with Crippen molar-refractivity contribution in [2.45, 2.75) is 18.9 Å². The third kappa shape index (κ3) is 3.83. The maximum atomic E-state index is 9.12. The highest BCUT2D eigenvalue weighted by molar-refractivity contribution is 6.42. The Balaban J connectivity index is 1.88. The normalized spacial score (nSPS) is 21.8. The van der Waals surface area contributed by atoms with Crippen molar-refractivity contribution in [3.63, 3.8) is 0 Å². The Hall–Kier alpha value is -0.320. The summed E-state index contributed by atoms with van der Waals surface area (Å²) in [5, 5.41) is 10.2. The number of nitrogens with zero attached hydrogens (tertiary/aromatic N) is 1. The Bertz CT molecular complexity index is 428. The van der Waals surface area contributed by atoms with E-state index in [4.69, 9.17) is 34.0 Å². The zero-order valence-electron chi connectivity index (χ0n) is 10.9. The van der Waals surface area contributed by atoms with Gasteiger partial charge in [-0.25, -0.2) is 0 Å². The summed E-state index contributed by atoms with van der Waals surface area (Å²) < 4.78 is 0. The summed E-state index contributed by atoms with van der Waals surface area (Å²) in [6.07, 6.45) is 1.92. The molecule has 1 aliphatic heterocycles. The highest BCUT2D eigenvalue weighted by Crippen LogP contribution is 2.30. The Morgan fingerprint density at radius 2 is 2.21 bits per heavy atom. The van der Waals surface area contributed by atoms with E-state index >= 15 is 0 Å². The highest BCUT2D eigenvalue weighted by Gasteiger charge is 2.22. The summed E-state index contributed by atoms with van der Waals surface area (Å²) in [7, 11) is 0. The first-order valence-corrected chi connectivity index (χ1v) is 7.40. The van der Waals surface area contributed by atoms with Gasteiger partial charge in [-0.15, -0.1) is 0 Å². The molecule has 1 aliphatic rings. The lowest BCUT2D eigenvalue weighted by Crippen LogP contribution is -2.26. The zero-order chi connectivity index (χ0) is 13.8. The number of aliphatic hydroxyl groups is 1. The second-order valence-corrected chi connectivity index (χ2v) is 5.96. The molecule has 0 aliphatic carbocycles. The van der Waals surface area contributed by atoms with Gasteiger partial charge in [-0.1, -0.05) is 35.3 Å². The maximum absolute atomic E-state index is 9.12. The summed E-state index contributed by atoms with van der Waals surface area (Å²) in [4.78, 5) is 2.35. The molecule has 3 N–H and O–H groups in total. The molecule has 5 heteroatoms. The van der Waals surface area contributed by atoms with Gasteiger partial charge in [0.1, 0.15) is 0 Å². The minimum absolute atomic E-state index is 0.0978. The molecule has 1 saturated heterocycles. The fourth-order valence-corrected chi connectivity index (χ4v) is 3.00. The van der Waals surface area contributed by atoms with Gasteiger partial charge in [0.2, 0.25) is 0 Å². The van der Waals surface area contributed by atoms with E-state index in [0.29, 0.717) is 16.0 Å². The molecule has 0 spiro atoms. The van der Waals surface area contributed by atoms with Crippen LogP contribution in [0.1, 0.15) is 24.4 Å². The largest absolute Gasteiger partial charge is 0.396 e. The van der Waals surface area contributed by atoms with Crippen LogP contribution >= 0.6 is 23.2 Å². The SMILES string of the molecule is NC(CCN1CCC(CO)C1)c1cccc(Cl)c1Cl. The summed E-state index contributed by atoms with van der Waals surface area (Å²) in [6, 6.07) is 5.48. The minimum Gasteiger partial charge on any atom is -0.396 e. The number of aliphatic hydroxyl groups excluding tert-OH is 1. The van der Waals surface area contributed by atoms with Crippen molar-refractivity contribution in [3.8, 4) is 0 Å². The molecule has 0 amide bonds. The summed E-state index contributed by atoms with van der Waals surface area (Å²) in [5.74, 6) is 0.422. The van der Waals surface area contributed by atoms with Gasteiger partial charge >= 0.3 is 0 Å². The van der Waals surface area contributed by atoms with E-state index in [1.165, 1.54) is 0 Å². The van der Waals surface area contributed by atoms with Crippen molar-refractivity contribution < 1.29 is 5.11 Å². The third-order valence-corrected chi connectivity index (χ3v) is 4.60. The molecular weight excluding hydrogens is 283 g/mol. The molecule has 19 heavy (non-hydrogen) atoms. The van der Waals surface area contributed by atoms with Gasteiger partial charge in [0.15, 0.2) is 0 Å². The first-order valence-electron chi connectivity index (χ1n) is 6.64. The molecule has 3 nitrogen and oxygen atoms in total. The van der Waals surface area contributed by atoms with Crippen LogP contribution in [0.2, 0.25) is 10.0 Å². The van der Waals surface area contributed by atoms with Crippen molar-refractivity contribution in [2.24, 2.45) is 11.7 Å². The van der Waals surface area contributed by atoms with Gasteiger partial charge in [-0.2, -0.15) is 0 Å². The smallest absolute Gasteiger partial charge is 0.0640 e. The Morgan fingerprint density at radius 3 is 2.89 bits per heavy atom. The molecule has 0 bridgehead atoms. The van der Waals surface area contributed by atoms with Gasteiger partial charge in [-0.3, -0.25) is 0 Å². The molecule has 106 valence electrons. The van der Waals surface area contributed by atoms with Gasteiger partial charge in [-0.05, 0) is 43.5 Å². The molecule has 1 heterocycles. The first-order chi connectivity index (χ1) is 9.11. The van der Waals surface area contributed by atoms with E-state index in [9.17, 15) is 0 Å². The molecule has 0 radical (unpaired) electrons. The molecule has 1 aromatic carbocycles. The van der Waals surface area contributed by atoms with Crippen LogP contribution in [0.15, 0.2) is 18.2 Å². The highest BCUT2D eigenvalue weighted by atomic mass is 35.5. The maximum Gasteiger partial charge on any atom is 0.0640 e. The molecule has 2 atom stereocenters. The topological polar surface area (TPSA) is 49.5 Å². The van der Waals surface area contributed by atoms with E-state index in [2.05, 4.69) is 4.90 Å². The summed E-state index contributed by atoms with van der Waals surface area (Å²) >= 11 is 12.2. The van der Waals surface area contributed by atoms with Crippen LogP contribution in [0.4, 0.5) is 0 Å². The van der Waals surface area contributed by atoms with Crippen molar-refractivity contribution in [3.05, 3.63) is 33.8 Å². The quantitative estimate of drug-likeness (QED) is 0.879. The molecule has 1 fully saturated rings. The molecule has 1 aromatic rings. The number of benzene rings is 1. The standard InChI is InChI=1S/C14H20Cl2N2O/c15-12-3-1-2-11(14(12)16)13(17)5-7-18-6-4-10(8-18)9-19/h1-3,10,13,19H,4-9,17H2. The predicted octanol–water partition coefficient (Wildman–Crippen LogP) is 2.70. The van der Waals surface area contributed by atoms with Crippen LogP contribution in [0.25, 0.3) is 0 Å². The Kier molecular flexibility index (Phi) is 5.48. The summed E-state index contributed by atoms with van der Waals surface area (Å²) in [5.41, 5.74) is 7.10. The lowest BCUT2D eigenvalue weighted by atomic mass is 10.0. The van der Waals surface area contributed by atoms with Crippen LogP contribution in [-0.2, 0) is 0 Å². The van der Waals surface area contributed by atoms with E-state index in [1.807, 2.05) is 12.1 Å². The van der Waals surface area contributed by atoms with E-state index in [-0.39, 0.29) is 12.6 Å². The molecule has 2 unspecified atom stereocenters. The van der Waals surface area contributed by atoms with Crippen molar-refractivity contribution in [1.82, 2.24) is 4.90 Å². The third-order valence-electron chi connectivity index (χ3n) is 3.77.